The molecule has 7 heteroatoms. The van der Waals surface area contributed by atoms with Gasteiger partial charge in [0.25, 0.3) is 5.91 Å². The number of piperidine rings is 1. The van der Waals surface area contributed by atoms with E-state index in [9.17, 15) is 9.18 Å². The van der Waals surface area contributed by atoms with Gasteiger partial charge in [0.05, 0.1) is 0 Å². The number of rotatable bonds is 3. The van der Waals surface area contributed by atoms with E-state index in [0.717, 1.165) is 0 Å². The van der Waals surface area contributed by atoms with Gasteiger partial charge in [-0.2, -0.15) is 0 Å². The number of hydrogen-bond donors (Lipinski definition) is 2. The van der Waals surface area contributed by atoms with Gasteiger partial charge in [0.2, 0.25) is 5.88 Å². The fourth-order valence-corrected chi connectivity index (χ4v) is 1.91. The number of pyridine rings is 1. The summed E-state index contributed by atoms with van der Waals surface area (Å²) in [5, 5.41) is 3.07. The monoisotopic (exact) mass is 273 g/mol. The van der Waals surface area contributed by atoms with Gasteiger partial charge >= 0.3 is 0 Å². The van der Waals surface area contributed by atoms with Gasteiger partial charge in [-0.3, -0.25) is 4.79 Å². The second kappa shape index (κ2) is 5.49. The van der Waals surface area contributed by atoms with E-state index in [-0.39, 0.29) is 23.1 Å². The Morgan fingerprint density at radius 2 is 2.39 bits per heavy atom. The van der Waals surface area contributed by atoms with Gasteiger partial charge in [-0.05, 0) is 25.1 Å². The van der Waals surface area contributed by atoms with Crippen LogP contribution in [0.5, 0.6) is 5.88 Å². The average molecular weight is 274 g/mol. The van der Waals surface area contributed by atoms with E-state index in [1.165, 1.54) is 12.1 Å². The summed E-state index contributed by atoms with van der Waals surface area (Å²) >= 11 is 5.73. The smallest absolute Gasteiger partial charge is 0.254 e. The van der Waals surface area contributed by atoms with Gasteiger partial charge < -0.3 is 15.8 Å². The summed E-state index contributed by atoms with van der Waals surface area (Å²) in [5.41, 5.74) is 5.30. The molecular formula is C11H13ClFN3O2. The Bertz CT molecular complexity index is 458. The minimum Gasteiger partial charge on any atom is -0.471 e. The lowest BCUT2D eigenvalue weighted by Crippen LogP contribution is -2.44. The Hall–Kier alpha value is -1.40. The summed E-state index contributed by atoms with van der Waals surface area (Å²) in [7, 11) is 0. The van der Waals surface area contributed by atoms with E-state index in [1.807, 2.05) is 0 Å². The maximum absolute atomic E-state index is 13.6. The zero-order valence-electron chi connectivity index (χ0n) is 9.53. The van der Waals surface area contributed by atoms with Crippen LogP contribution in [0.25, 0.3) is 0 Å². The first-order valence-corrected chi connectivity index (χ1v) is 5.93. The third-order valence-corrected chi connectivity index (χ3v) is 2.91. The molecule has 1 fully saturated rings. The molecule has 98 valence electrons. The summed E-state index contributed by atoms with van der Waals surface area (Å²) in [6, 6.07) is 2.85. The lowest BCUT2D eigenvalue weighted by Gasteiger charge is -2.27. The van der Waals surface area contributed by atoms with Crippen molar-refractivity contribution in [3.05, 3.63) is 22.8 Å². The summed E-state index contributed by atoms with van der Waals surface area (Å²) < 4.78 is 19.0. The van der Waals surface area contributed by atoms with Crippen molar-refractivity contribution in [2.75, 3.05) is 13.1 Å². The number of nitrogens with one attached hydrogen (secondary N) is 1. The SMILES string of the molecule is NC(=O)c1ccc(Cl)nc1O[C@@H]1CCNC[C@H]1F. The molecule has 5 nitrogen and oxygen atoms in total. The Balaban J connectivity index is 2.21. The van der Waals surface area contributed by atoms with Gasteiger partial charge in [-0.15, -0.1) is 0 Å². The summed E-state index contributed by atoms with van der Waals surface area (Å²) in [6.07, 6.45) is -1.30. The number of carbonyl (C=O) groups is 1. The summed E-state index contributed by atoms with van der Waals surface area (Å²) in [6.45, 7) is 0.870. The highest BCUT2D eigenvalue weighted by atomic mass is 35.5. The van der Waals surface area contributed by atoms with Gasteiger partial charge in [-0.25, -0.2) is 9.37 Å². The van der Waals surface area contributed by atoms with Crippen molar-refractivity contribution in [1.29, 1.82) is 0 Å². The molecule has 3 N–H and O–H groups in total. The highest BCUT2D eigenvalue weighted by Gasteiger charge is 2.28. The molecule has 0 unspecified atom stereocenters. The topological polar surface area (TPSA) is 77.2 Å². The van der Waals surface area contributed by atoms with Gasteiger partial charge in [0.15, 0.2) is 0 Å². The first kappa shape index (κ1) is 13.0. The maximum Gasteiger partial charge on any atom is 0.254 e. The molecule has 1 aromatic rings. The van der Waals surface area contributed by atoms with Crippen molar-refractivity contribution in [2.45, 2.75) is 18.7 Å². The summed E-state index contributed by atoms with van der Waals surface area (Å²) in [5.74, 6) is -0.692. The molecule has 1 amide bonds. The number of nitrogens with two attached hydrogens (primary N) is 1. The van der Waals surface area contributed by atoms with Crippen LogP contribution in [0.3, 0.4) is 0 Å². The number of primary amides is 1. The quantitative estimate of drug-likeness (QED) is 0.803. The molecule has 1 aliphatic rings. The van der Waals surface area contributed by atoms with Crippen LogP contribution >= 0.6 is 11.6 Å². The Morgan fingerprint density at radius 3 is 3.06 bits per heavy atom. The van der Waals surface area contributed by atoms with E-state index in [1.54, 1.807) is 0 Å². The first-order chi connectivity index (χ1) is 8.58. The van der Waals surface area contributed by atoms with Crippen molar-refractivity contribution >= 4 is 17.5 Å². The lowest BCUT2D eigenvalue weighted by atomic mass is 10.1. The Labute approximate surface area is 108 Å². The normalized spacial score (nSPS) is 23.7. The minimum absolute atomic E-state index is 0.00968. The molecular weight excluding hydrogens is 261 g/mol. The van der Waals surface area contributed by atoms with E-state index in [2.05, 4.69) is 10.3 Å². The number of alkyl halides is 1. The van der Waals surface area contributed by atoms with E-state index >= 15 is 0 Å². The van der Waals surface area contributed by atoms with Gasteiger partial charge in [0.1, 0.15) is 23.0 Å². The predicted molar refractivity (Wildman–Crippen MR) is 64.6 cm³/mol. The molecule has 0 saturated carbocycles. The van der Waals surface area contributed by atoms with Crippen molar-refractivity contribution in [3.8, 4) is 5.88 Å². The van der Waals surface area contributed by atoms with Crippen LogP contribution in [0.15, 0.2) is 12.1 Å². The zero-order valence-corrected chi connectivity index (χ0v) is 10.3. The third-order valence-electron chi connectivity index (χ3n) is 2.70. The van der Waals surface area contributed by atoms with Crippen LogP contribution in [0, 0.1) is 0 Å². The molecule has 1 saturated heterocycles. The molecule has 2 heterocycles. The molecule has 18 heavy (non-hydrogen) atoms. The maximum atomic E-state index is 13.6. The number of ether oxygens (including phenoxy) is 1. The number of halogens is 2. The van der Waals surface area contributed by atoms with Crippen LogP contribution < -0.4 is 15.8 Å². The van der Waals surface area contributed by atoms with Crippen LogP contribution in [-0.2, 0) is 0 Å². The number of amides is 1. The molecule has 2 atom stereocenters. The van der Waals surface area contributed by atoms with Gasteiger partial charge in [0, 0.05) is 6.54 Å². The number of hydrogen-bond acceptors (Lipinski definition) is 4. The van der Waals surface area contributed by atoms with Gasteiger partial charge in [-0.1, -0.05) is 11.6 Å². The second-order valence-electron chi connectivity index (χ2n) is 4.02. The minimum atomic E-state index is -1.15. The third kappa shape index (κ3) is 2.88. The largest absolute Gasteiger partial charge is 0.471 e. The van der Waals surface area contributed by atoms with Crippen molar-refractivity contribution in [2.24, 2.45) is 5.73 Å². The molecule has 0 radical (unpaired) electrons. The summed E-state index contributed by atoms with van der Waals surface area (Å²) in [4.78, 5) is 15.1. The van der Waals surface area contributed by atoms with Crippen molar-refractivity contribution < 1.29 is 13.9 Å². The predicted octanol–water partition coefficient (Wildman–Crippen LogP) is 0.913. The second-order valence-corrected chi connectivity index (χ2v) is 4.40. The van der Waals surface area contributed by atoms with Crippen molar-refractivity contribution in [3.63, 3.8) is 0 Å². The fourth-order valence-electron chi connectivity index (χ4n) is 1.77. The first-order valence-electron chi connectivity index (χ1n) is 5.55. The highest BCUT2D eigenvalue weighted by Crippen LogP contribution is 2.22. The lowest BCUT2D eigenvalue weighted by molar-refractivity contribution is 0.0676. The van der Waals surface area contributed by atoms with E-state index < -0.39 is 18.2 Å². The zero-order chi connectivity index (χ0) is 13.1. The molecule has 0 spiro atoms. The highest BCUT2D eigenvalue weighted by molar-refractivity contribution is 6.29. The van der Waals surface area contributed by atoms with Crippen LogP contribution in [0.1, 0.15) is 16.8 Å². The number of aromatic nitrogens is 1. The Morgan fingerprint density at radius 1 is 1.61 bits per heavy atom. The van der Waals surface area contributed by atoms with E-state index in [4.69, 9.17) is 22.1 Å². The molecule has 1 aromatic heterocycles. The molecule has 0 aromatic carbocycles. The van der Waals surface area contributed by atoms with Crippen LogP contribution in [0.4, 0.5) is 4.39 Å². The standard InChI is InChI=1S/C11H13ClFN3O2/c12-9-2-1-6(10(14)17)11(16-9)18-8-3-4-15-5-7(8)13/h1-2,7-8,15H,3-5H2,(H2,14,17)/t7-,8-/m1/s1. The number of carbonyl (C=O) groups excluding carboxylic acids is 1. The molecule has 1 aliphatic heterocycles. The average Bonchev–Trinajstić information content (AvgIpc) is 2.32. The molecule has 0 aliphatic carbocycles. The molecule has 0 bridgehead atoms. The van der Waals surface area contributed by atoms with Crippen LogP contribution in [0.2, 0.25) is 5.15 Å². The number of nitrogens with zero attached hydrogens (tertiary/aromatic N) is 1. The Kier molecular flexibility index (Phi) is 3.98. The molecule has 2 rings (SSSR count). The van der Waals surface area contributed by atoms with Crippen molar-refractivity contribution in [1.82, 2.24) is 10.3 Å². The van der Waals surface area contributed by atoms with E-state index in [0.29, 0.717) is 13.0 Å². The fraction of sp³-hybridized carbons (Fsp3) is 0.455. The van der Waals surface area contributed by atoms with Crippen LogP contribution in [-0.4, -0.2) is 36.3 Å².